The molecule has 0 rings (SSSR count). The SMILES string of the molecule is [Cu+2].[Cu+2].[O-2].[O-2]. The summed E-state index contributed by atoms with van der Waals surface area (Å²) in [7, 11) is 0. The molecule has 0 aromatic carbocycles. The third-order valence-corrected chi connectivity index (χ3v) is 0. The molecular weight excluding hydrogens is 159 g/mol. The summed E-state index contributed by atoms with van der Waals surface area (Å²) in [4.78, 5) is 0. The molecular formula is Cu2O2. The molecule has 0 aliphatic rings. The molecule has 0 N–H and O–H groups in total. The summed E-state index contributed by atoms with van der Waals surface area (Å²) in [6.45, 7) is 0. The van der Waals surface area contributed by atoms with Crippen molar-refractivity contribution < 1.29 is 45.1 Å². The van der Waals surface area contributed by atoms with Crippen molar-refractivity contribution in [2.24, 2.45) is 0 Å². The first-order chi connectivity index (χ1) is 0. The summed E-state index contributed by atoms with van der Waals surface area (Å²) in [6, 6.07) is 0. The molecule has 0 aliphatic heterocycles. The maximum atomic E-state index is 0. The van der Waals surface area contributed by atoms with E-state index in [1.54, 1.807) is 0 Å². The van der Waals surface area contributed by atoms with Gasteiger partial charge >= 0.3 is 34.1 Å². The second-order valence-corrected chi connectivity index (χ2v) is 0. The Balaban J connectivity index is 0. The maximum absolute atomic E-state index is 0. The van der Waals surface area contributed by atoms with E-state index >= 15 is 0 Å². The Kier molecular flexibility index (Phi) is 796. The Morgan fingerprint density at radius 3 is 0.500 bits per heavy atom. The van der Waals surface area contributed by atoms with Gasteiger partial charge in [0, 0.05) is 0 Å². The van der Waals surface area contributed by atoms with E-state index in [2.05, 4.69) is 0 Å². The molecule has 0 aromatic rings. The van der Waals surface area contributed by atoms with E-state index in [9.17, 15) is 0 Å². The van der Waals surface area contributed by atoms with Crippen LogP contribution in [0.4, 0.5) is 0 Å². The van der Waals surface area contributed by atoms with Crippen LogP contribution in [0.1, 0.15) is 0 Å². The van der Waals surface area contributed by atoms with Crippen LogP contribution in [0, 0.1) is 0 Å². The van der Waals surface area contributed by atoms with Gasteiger partial charge in [-0.2, -0.15) is 0 Å². The second kappa shape index (κ2) is 37.7. The zero-order chi connectivity index (χ0) is 0. The molecule has 2 radical (unpaired) electrons. The molecule has 0 aliphatic carbocycles. The van der Waals surface area contributed by atoms with E-state index in [1.165, 1.54) is 0 Å². The molecule has 0 atom stereocenters. The summed E-state index contributed by atoms with van der Waals surface area (Å²) < 4.78 is 0. The predicted octanol–water partition coefficient (Wildman–Crippen LogP) is -0.243. The maximum Gasteiger partial charge on any atom is 2.00 e. The van der Waals surface area contributed by atoms with Gasteiger partial charge in [0.15, 0.2) is 0 Å². The summed E-state index contributed by atoms with van der Waals surface area (Å²) >= 11 is 0. The summed E-state index contributed by atoms with van der Waals surface area (Å²) in [6.07, 6.45) is 0. The van der Waals surface area contributed by atoms with Gasteiger partial charge in [-0.1, -0.05) is 0 Å². The van der Waals surface area contributed by atoms with E-state index in [0.717, 1.165) is 0 Å². The van der Waals surface area contributed by atoms with Gasteiger partial charge < -0.3 is 11.0 Å². The minimum Gasteiger partial charge on any atom is -2.00 e. The first kappa shape index (κ1) is 84.5. The summed E-state index contributed by atoms with van der Waals surface area (Å²) in [5.41, 5.74) is 0. The third kappa shape index (κ3) is 12.3. The molecule has 0 aromatic heterocycles. The molecule has 0 amide bonds. The van der Waals surface area contributed by atoms with Gasteiger partial charge in [-0.3, -0.25) is 0 Å². The standard InChI is InChI=1S/2Cu.2O/q2*+2;2*-2. The average molecular weight is 159 g/mol. The third-order valence-electron chi connectivity index (χ3n) is 0. The van der Waals surface area contributed by atoms with Gasteiger partial charge in [-0.15, -0.1) is 0 Å². The molecule has 34 valence electrons. The summed E-state index contributed by atoms with van der Waals surface area (Å²) in [5, 5.41) is 0. The zero-order valence-electron chi connectivity index (χ0n) is 1.42. The van der Waals surface area contributed by atoms with Crippen LogP contribution in [0.2, 0.25) is 0 Å². The van der Waals surface area contributed by atoms with Crippen LogP contribution in [0.15, 0.2) is 0 Å². The van der Waals surface area contributed by atoms with Gasteiger partial charge in [0.25, 0.3) is 0 Å². The molecule has 0 unspecified atom stereocenters. The second-order valence-electron chi connectivity index (χ2n) is 0. The molecule has 4 heavy (non-hydrogen) atoms. The van der Waals surface area contributed by atoms with E-state index in [1.807, 2.05) is 0 Å². The van der Waals surface area contributed by atoms with Crippen LogP contribution in [-0.2, 0) is 45.1 Å². The molecule has 0 spiro atoms. The first-order valence-corrected chi connectivity index (χ1v) is 0. The van der Waals surface area contributed by atoms with Gasteiger partial charge in [0.1, 0.15) is 0 Å². The minimum absolute atomic E-state index is 0. The monoisotopic (exact) mass is 158 g/mol. The van der Waals surface area contributed by atoms with Crippen LogP contribution >= 0.6 is 0 Å². The van der Waals surface area contributed by atoms with Crippen molar-refractivity contribution in [1.82, 2.24) is 0 Å². The zero-order valence-corrected chi connectivity index (χ0v) is 3.30. The van der Waals surface area contributed by atoms with Gasteiger partial charge in [0.2, 0.25) is 0 Å². The fraction of sp³-hybridized carbons (Fsp3) is 0. The van der Waals surface area contributed by atoms with Crippen molar-refractivity contribution in [1.29, 1.82) is 0 Å². The largest absolute Gasteiger partial charge is 2.00 e. The van der Waals surface area contributed by atoms with Crippen LogP contribution < -0.4 is 0 Å². The van der Waals surface area contributed by atoms with Crippen molar-refractivity contribution in [2.45, 2.75) is 0 Å². The van der Waals surface area contributed by atoms with Crippen LogP contribution in [-0.4, -0.2) is 0 Å². The quantitative estimate of drug-likeness (QED) is 0.438. The van der Waals surface area contributed by atoms with Gasteiger partial charge in [0.05, 0.1) is 0 Å². The molecule has 0 saturated heterocycles. The van der Waals surface area contributed by atoms with E-state index < -0.39 is 0 Å². The molecule has 0 fully saturated rings. The van der Waals surface area contributed by atoms with Crippen molar-refractivity contribution in [3.8, 4) is 0 Å². The van der Waals surface area contributed by atoms with Crippen molar-refractivity contribution >= 4 is 0 Å². The molecule has 2 nitrogen and oxygen atoms in total. The summed E-state index contributed by atoms with van der Waals surface area (Å²) in [5.74, 6) is 0. The van der Waals surface area contributed by atoms with Crippen LogP contribution in [0.5, 0.6) is 0 Å². The van der Waals surface area contributed by atoms with E-state index in [-0.39, 0.29) is 45.1 Å². The number of rotatable bonds is 0. The fourth-order valence-corrected chi connectivity index (χ4v) is 0. The Bertz CT molecular complexity index is 4.00. The normalized spacial score (nSPS) is 0. The molecule has 0 bridgehead atoms. The fourth-order valence-electron chi connectivity index (χ4n) is 0. The van der Waals surface area contributed by atoms with Crippen LogP contribution in [0.3, 0.4) is 0 Å². The van der Waals surface area contributed by atoms with Crippen molar-refractivity contribution in [3.63, 3.8) is 0 Å². The van der Waals surface area contributed by atoms with Crippen molar-refractivity contribution in [3.05, 3.63) is 0 Å². The topological polar surface area (TPSA) is 57.0 Å². The first-order valence-electron chi connectivity index (χ1n) is 0. The van der Waals surface area contributed by atoms with Crippen molar-refractivity contribution in [2.75, 3.05) is 0 Å². The Hall–Kier alpha value is 0.959. The van der Waals surface area contributed by atoms with Gasteiger partial charge in [-0.05, 0) is 0 Å². The molecule has 0 saturated carbocycles. The number of hydrogen-bond donors (Lipinski definition) is 0. The minimum atomic E-state index is 0. The predicted molar refractivity (Wildman–Crippen MR) is 1.37 cm³/mol. The van der Waals surface area contributed by atoms with Gasteiger partial charge in [-0.25, -0.2) is 0 Å². The number of hydrogen-bond acceptors (Lipinski definition) is 0. The average Bonchev–Trinajstić information content (AvgIpc) is 0. The Morgan fingerprint density at radius 1 is 0.500 bits per heavy atom. The Morgan fingerprint density at radius 2 is 0.500 bits per heavy atom. The van der Waals surface area contributed by atoms with Crippen LogP contribution in [0.25, 0.3) is 0 Å². The smallest absolute Gasteiger partial charge is 2.00 e. The molecule has 4 heteroatoms. The van der Waals surface area contributed by atoms with E-state index in [0.29, 0.717) is 0 Å². The Labute approximate surface area is 45.5 Å². The van der Waals surface area contributed by atoms with E-state index in [4.69, 9.17) is 0 Å². The molecule has 0 heterocycles.